The molecule has 23 heavy (non-hydrogen) atoms. The predicted octanol–water partition coefficient (Wildman–Crippen LogP) is 3.57. The quantitative estimate of drug-likeness (QED) is 0.557. The van der Waals surface area contributed by atoms with Crippen LogP contribution in [0.1, 0.15) is 11.4 Å². The van der Waals surface area contributed by atoms with Crippen LogP contribution in [0.3, 0.4) is 0 Å². The summed E-state index contributed by atoms with van der Waals surface area (Å²) in [4.78, 5) is 18.1. The van der Waals surface area contributed by atoms with E-state index in [4.69, 9.17) is 0 Å². The maximum Gasteiger partial charge on any atom is 0.292 e. The fraction of sp³-hybridized carbons (Fsp3) is 0.188. The molecule has 2 aromatic carbocycles. The second-order valence-electron chi connectivity index (χ2n) is 5.25. The van der Waals surface area contributed by atoms with Crippen LogP contribution in [0.25, 0.3) is 11.0 Å². The number of aromatic nitrogens is 2. The Labute approximate surface area is 131 Å². The summed E-state index contributed by atoms with van der Waals surface area (Å²) in [6.07, 6.45) is 0.543. The summed E-state index contributed by atoms with van der Waals surface area (Å²) in [5.41, 5.74) is 2.72. The van der Waals surface area contributed by atoms with Gasteiger partial charge < -0.3 is 10.3 Å². The molecule has 1 aromatic heterocycles. The van der Waals surface area contributed by atoms with E-state index in [2.05, 4.69) is 15.3 Å². The maximum atomic E-state index is 13.2. The number of hydrogen-bond acceptors (Lipinski definition) is 4. The zero-order valence-corrected chi connectivity index (χ0v) is 12.5. The van der Waals surface area contributed by atoms with Crippen LogP contribution < -0.4 is 5.32 Å². The topological polar surface area (TPSA) is 83.8 Å². The van der Waals surface area contributed by atoms with Crippen LogP contribution in [0.4, 0.5) is 15.8 Å². The number of nitrogens with zero attached hydrogens (tertiary/aromatic N) is 2. The third-order valence-corrected chi connectivity index (χ3v) is 3.60. The summed E-state index contributed by atoms with van der Waals surface area (Å²) in [5.74, 6) is 0.385. The Morgan fingerprint density at radius 3 is 2.96 bits per heavy atom. The first-order valence-electron chi connectivity index (χ1n) is 7.16. The van der Waals surface area contributed by atoms with Gasteiger partial charge in [-0.05, 0) is 30.7 Å². The van der Waals surface area contributed by atoms with Crippen LogP contribution in [0.2, 0.25) is 0 Å². The zero-order chi connectivity index (χ0) is 16.4. The molecule has 0 saturated heterocycles. The lowest BCUT2D eigenvalue weighted by Gasteiger charge is -2.09. The van der Waals surface area contributed by atoms with Gasteiger partial charge in [-0.1, -0.05) is 12.1 Å². The molecule has 0 amide bonds. The molecule has 0 spiro atoms. The van der Waals surface area contributed by atoms with Gasteiger partial charge in [0.25, 0.3) is 5.69 Å². The van der Waals surface area contributed by atoms with Crippen LogP contribution in [0, 0.1) is 22.9 Å². The van der Waals surface area contributed by atoms with Crippen molar-refractivity contribution in [3.63, 3.8) is 0 Å². The number of benzene rings is 2. The average molecular weight is 314 g/mol. The largest absolute Gasteiger partial charge is 0.379 e. The Kier molecular flexibility index (Phi) is 3.92. The van der Waals surface area contributed by atoms with Crippen LogP contribution in [-0.2, 0) is 6.42 Å². The summed E-state index contributed by atoms with van der Waals surface area (Å²) in [5, 5.41) is 14.2. The van der Waals surface area contributed by atoms with Gasteiger partial charge in [0, 0.05) is 19.0 Å². The molecule has 1 heterocycles. The van der Waals surface area contributed by atoms with Crippen molar-refractivity contribution in [2.24, 2.45) is 0 Å². The number of para-hydroxylation sites is 1. The van der Waals surface area contributed by atoms with Crippen molar-refractivity contribution in [3.05, 3.63) is 63.7 Å². The van der Waals surface area contributed by atoms with Crippen LogP contribution in [0.5, 0.6) is 0 Å². The van der Waals surface area contributed by atoms with E-state index in [1.165, 1.54) is 18.2 Å². The third-order valence-electron chi connectivity index (χ3n) is 3.60. The fourth-order valence-corrected chi connectivity index (χ4v) is 2.49. The van der Waals surface area contributed by atoms with E-state index >= 15 is 0 Å². The molecule has 0 aliphatic rings. The van der Waals surface area contributed by atoms with E-state index in [1.807, 2.05) is 13.0 Å². The minimum Gasteiger partial charge on any atom is -0.379 e. The molecule has 3 rings (SSSR count). The van der Waals surface area contributed by atoms with Crippen LogP contribution in [-0.4, -0.2) is 21.4 Å². The normalized spacial score (nSPS) is 10.9. The first-order valence-corrected chi connectivity index (χ1v) is 7.16. The summed E-state index contributed by atoms with van der Waals surface area (Å²) in [6, 6.07) is 9.32. The van der Waals surface area contributed by atoms with E-state index < -0.39 is 4.92 Å². The number of nitro benzene ring substituents is 1. The van der Waals surface area contributed by atoms with Gasteiger partial charge in [0.2, 0.25) is 0 Å². The molecule has 6 nitrogen and oxygen atoms in total. The molecule has 0 atom stereocenters. The van der Waals surface area contributed by atoms with Crippen molar-refractivity contribution in [3.8, 4) is 0 Å². The van der Waals surface area contributed by atoms with Gasteiger partial charge in [0.15, 0.2) is 0 Å². The average Bonchev–Trinajstić information content (AvgIpc) is 2.90. The molecule has 2 N–H and O–H groups in total. The monoisotopic (exact) mass is 314 g/mol. The lowest BCUT2D eigenvalue weighted by atomic mass is 10.1. The van der Waals surface area contributed by atoms with Gasteiger partial charge in [-0.15, -0.1) is 0 Å². The van der Waals surface area contributed by atoms with Gasteiger partial charge in [0.05, 0.1) is 16.0 Å². The molecule has 118 valence electrons. The summed E-state index contributed by atoms with van der Waals surface area (Å²) >= 11 is 0. The van der Waals surface area contributed by atoms with Gasteiger partial charge in [-0.3, -0.25) is 10.1 Å². The highest BCUT2D eigenvalue weighted by Gasteiger charge is 2.15. The van der Waals surface area contributed by atoms with E-state index in [0.717, 1.165) is 5.56 Å². The number of fused-ring (bicyclic) bond motifs is 1. The minimum atomic E-state index is -0.403. The highest BCUT2D eigenvalue weighted by molar-refractivity contribution is 5.75. The lowest BCUT2D eigenvalue weighted by Crippen LogP contribution is -2.09. The lowest BCUT2D eigenvalue weighted by molar-refractivity contribution is -0.384. The number of aryl methyl sites for hydroxylation is 1. The standard InChI is InChI=1S/C16H15FN4O2/c1-10-3-2-4-14(21(22)23)16(10)18-8-7-15-19-12-6-5-11(17)9-13(12)20-15/h2-6,9,18H,7-8H2,1H3,(H,19,20). The number of aromatic amines is 1. The Morgan fingerprint density at radius 2 is 2.17 bits per heavy atom. The Balaban J connectivity index is 1.73. The molecule has 0 aliphatic carbocycles. The van der Waals surface area contributed by atoms with Gasteiger partial charge >= 0.3 is 0 Å². The fourth-order valence-electron chi connectivity index (χ4n) is 2.49. The number of imidazole rings is 1. The summed E-state index contributed by atoms with van der Waals surface area (Å²) in [7, 11) is 0. The molecular formula is C16H15FN4O2. The van der Waals surface area contributed by atoms with Crippen molar-refractivity contribution >= 4 is 22.4 Å². The van der Waals surface area contributed by atoms with Crippen molar-refractivity contribution in [2.45, 2.75) is 13.3 Å². The van der Waals surface area contributed by atoms with E-state index in [1.54, 1.807) is 12.1 Å². The molecule has 0 fully saturated rings. The van der Waals surface area contributed by atoms with Crippen molar-refractivity contribution in [2.75, 3.05) is 11.9 Å². The molecule has 7 heteroatoms. The number of rotatable bonds is 5. The zero-order valence-electron chi connectivity index (χ0n) is 12.5. The highest BCUT2D eigenvalue weighted by Crippen LogP contribution is 2.27. The number of hydrogen-bond donors (Lipinski definition) is 2. The molecule has 0 radical (unpaired) electrons. The number of H-pyrrole nitrogens is 1. The summed E-state index contributed by atoms with van der Waals surface area (Å²) in [6.45, 7) is 2.30. The van der Waals surface area contributed by atoms with Crippen LogP contribution in [0.15, 0.2) is 36.4 Å². The van der Waals surface area contributed by atoms with Gasteiger partial charge in [0.1, 0.15) is 17.3 Å². The first kappa shape index (κ1) is 15.0. The van der Waals surface area contributed by atoms with E-state index in [0.29, 0.717) is 35.5 Å². The molecule has 0 saturated carbocycles. The number of halogens is 1. The first-order chi connectivity index (χ1) is 11.0. The summed E-state index contributed by atoms with van der Waals surface area (Å²) < 4.78 is 13.2. The van der Waals surface area contributed by atoms with Crippen LogP contribution >= 0.6 is 0 Å². The molecule has 0 unspecified atom stereocenters. The maximum absolute atomic E-state index is 13.2. The van der Waals surface area contributed by atoms with Crippen molar-refractivity contribution < 1.29 is 9.31 Å². The highest BCUT2D eigenvalue weighted by atomic mass is 19.1. The Morgan fingerprint density at radius 1 is 1.35 bits per heavy atom. The Bertz CT molecular complexity index is 876. The third kappa shape index (κ3) is 3.13. The predicted molar refractivity (Wildman–Crippen MR) is 86.1 cm³/mol. The second-order valence-corrected chi connectivity index (χ2v) is 5.25. The smallest absolute Gasteiger partial charge is 0.292 e. The van der Waals surface area contributed by atoms with Crippen molar-refractivity contribution in [1.29, 1.82) is 0 Å². The second kappa shape index (κ2) is 6.04. The molecule has 0 aliphatic heterocycles. The molecule has 3 aromatic rings. The number of nitrogens with one attached hydrogen (secondary N) is 2. The van der Waals surface area contributed by atoms with E-state index in [-0.39, 0.29) is 11.5 Å². The van der Waals surface area contributed by atoms with Gasteiger partial charge in [-0.25, -0.2) is 9.37 Å². The van der Waals surface area contributed by atoms with E-state index in [9.17, 15) is 14.5 Å². The number of nitro groups is 1. The van der Waals surface area contributed by atoms with Crippen molar-refractivity contribution in [1.82, 2.24) is 9.97 Å². The minimum absolute atomic E-state index is 0.0525. The van der Waals surface area contributed by atoms with Gasteiger partial charge in [-0.2, -0.15) is 0 Å². The SMILES string of the molecule is Cc1cccc([N+](=O)[O-])c1NCCc1nc2ccc(F)cc2[nH]1. The Hall–Kier alpha value is -2.96. The number of anilines is 1. The molecular weight excluding hydrogens is 299 g/mol. The molecule has 0 bridgehead atoms.